The second kappa shape index (κ2) is 18.2. The van der Waals surface area contributed by atoms with Crippen molar-refractivity contribution in [1.29, 1.82) is 0 Å². The summed E-state index contributed by atoms with van der Waals surface area (Å²) in [5, 5.41) is 11.1. The molecule has 1 saturated carbocycles. The fraction of sp³-hybridized carbons (Fsp3) is 0.839. The number of methoxy groups -OCH3 is 1. The number of esters is 1. The smallest absolute Gasteiger partial charge is 0.305 e. The summed E-state index contributed by atoms with van der Waals surface area (Å²) in [6.45, 7) is 3.73. The van der Waals surface area contributed by atoms with Crippen LogP contribution >= 0.6 is 0 Å². The van der Waals surface area contributed by atoms with Crippen molar-refractivity contribution in [1.82, 2.24) is 0 Å². The lowest BCUT2D eigenvalue weighted by atomic mass is 9.89. The third-order valence-electron chi connectivity index (χ3n) is 8.01. The summed E-state index contributed by atoms with van der Waals surface area (Å²) in [5.74, 6) is -0.0171. The molecule has 2 aliphatic heterocycles. The summed E-state index contributed by atoms with van der Waals surface area (Å²) in [6.07, 6.45) is 22.1. The Kier molecular flexibility index (Phi) is 15.0. The molecule has 7 heteroatoms. The minimum Gasteiger partial charge on any atom is -0.469 e. The number of allylic oxidation sites excluding steroid dienone is 2. The second-order valence-corrected chi connectivity index (χ2v) is 11.0. The molecular formula is C31H52O7. The Morgan fingerprint density at radius 3 is 2.47 bits per heavy atom. The highest BCUT2D eigenvalue weighted by Gasteiger charge is 2.42. The van der Waals surface area contributed by atoms with Crippen LogP contribution in [-0.2, 0) is 28.5 Å². The van der Waals surface area contributed by atoms with Gasteiger partial charge in [-0.1, -0.05) is 50.5 Å². The summed E-state index contributed by atoms with van der Waals surface area (Å²) in [7, 11) is 1.43. The fourth-order valence-corrected chi connectivity index (χ4v) is 5.76. The molecule has 0 aromatic heterocycles. The van der Waals surface area contributed by atoms with Gasteiger partial charge in [0, 0.05) is 32.0 Å². The first-order valence-corrected chi connectivity index (χ1v) is 15.2. The van der Waals surface area contributed by atoms with Crippen LogP contribution in [0.4, 0.5) is 0 Å². The first-order valence-electron chi connectivity index (χ1n) is 15.2. The van der Waals surface area contributed by atoms with Crippen LogP contribution in [0.1, 0.15) is 103 Å². The molecule has 0 aromatic carbocycles. The zero-order valence-electron chi connectivity index (χ0n) is 23.8. The average molecular weight is 537 g/mol. The van der Waals surface area contributed by atoms with Crippen molar-refractivity contribution in [2.24, 2.45) is 11.8 Å². The van der Waals surface area contributed by atoms with E-state index in [2.05, 4.69) is 31.2 Å². The van der Waals surface area contributed by atoms with Crippen molar-refractivity contribution in [3.8, 4) is 0 Å². The van der Waals surface area contributed by atoms with Crippen LogP contribution in [-0.4, -0.2) is 62.3 Å². The molecule has 1 N–H and O–H groups in total. The van der Waals surface area contributed by atoms with Crippen LogP contribution in [0.15, 0.2) is 24.3 Å². The molecule has 7 atom stereocenters. The number of ether oxygens (including phenoxy) is 5. The van der Waals surface area contributed by atoms with Gasteiger partial charge in [0.05, 0.1) is 25.4 Å². The number of carbonyl (C=O) groups is 1. The van der Waals surface area contributed by atoms with Gasteiger partial charge in [0.25, 0.3) is 0 Å². The zero-order valence-corrected chi connectivity index (χ0v) is 23.8. The molecule has 0 amide bonds. The van der Waals surface area contributed by atoms with E-state index in [0.717, 1.165) is 83.8 Å². The van der Waals surface area contributed by atoms with E-state index in [1.54, 1.807) is 0 Å². The monoisotopic (exact) mass is 536 g/mol. The van der Waals surface area contributed by atoms with Crippen LogP contribution < -0.4 is 0 Å². The van der Waals surface area contributed by atoms with Crippen LogP contribution in [0.25, 0.3) is 0 Å². The maximum Gasteiger partial charge on any atom is 0.305 e. The molecule has 2 saturated heterocycles. The zero-order chi connectivity index (χ0) is 27.0. The Bertz CT molecular complexity index is 696. The first kappa shape index (κ1) is 31.3. The molecule has 2 heterocycles. The molecule has 1 aliphatic carbocycles. The predicted octanol–water partition coefficient (Wildman–Crippen LogP) is 6.23. The maximum atomic E-state index is 11.4. The van der Waals surface area contributed by atoms with E-state index in [1.165, 1.54) is 20.0 Å². The molecule has 2 unspecified atom stereocenters. The van der Waals surface area contributed by atoms with Crippen molar-refractivity contribution in [3.63, 3.8) is 0 Å². The number of rotatable bonds is 16. The molecule has 3 fully saturated rings. The third-order valence-corrected chi connectivity index (χ3v) is 8.01. The van der Waals surface area contributed by atoms with Crippen molar-refractivity contribution < 1.29 is 33.6 Å². The molecule has 38 heavy (non-hydrogen) atoms. The average Bonchev–Trinajstić information content (AvgIpc) is 3.23. The van der Waals surface area contributed by atoms with Crippen molar-refractivity contribution in [2.75, 3.05) is 20.3 Å². The molecule has 3 rings (SSSR count). The van der Waals surface area contributed by atoms with Crippen LogP contribution in [0.2, 0.25) is 0 Å². The standard InChI is InChI=1S/C31H52O7/c1-3-4-7-14-24(37-30-17-10-12-21-35-30)19-20-25-26(15-8-5-6-9-16-29(33)34-2)28(23-27(25)32)38-31-18-11-13-22-36-31/h5,8,19-20,24-28,30-32H,3-4,6-7,9-18,21-23H2,1-2H3/b8-5-,20-19+/t24-,25+,26+,27+,28-,30?,31?/m0/s1. The quantitative estimate of drug-likeness (QED) is 0.142. The first-order chi connectivity index (χ1) is 18.6. The number of hydrogen-bond donors (Lipinski definition) is 1. The lowest BCUT2D eigenvalue weighted by molar-refractivity contribution is -0.195. The van der Waals surface area contributed by atoms with E-state index in [-0.39, 0.29) is 42.6 Å². The Labute approximate surface area is 230 Å². The summed E-state index contributed by atoms with van der Waals surface area (Å²) in [6, 6.07) is 0. The van der Waals surface area contributed by atoms with E-state index in [4.69, 9.17) is 23.7 Å². The van der Waals surface area contributed by atoms with Crippen molar-refractivity contribution >= 4 is 5.97 Å². The van der Waals surface area contributed by atoms with E-state index >= 15 is 0 Å². The van der Waals surface area contributed by atoms with Gasteiger partial charge in [-0.25, -0.2) is 0 Å². The van der Waals surface area contributed by atoms with Gasteiger partial charge in [0.15, 0.2) is 12.6 Å². The van der Waals surface area contributed by atoms with E-state index in [1.807, 2.05) is 0 Å². The van der Waals surface area contributed by atoms with Crippen LogP contribution in [0.5, 0.6) is 0 Å². The molecule has 0 aromatic rings. The lowest BCUT2D eigenvalue weighted by Gasteiger charge is -2.30. The van der Waals surface area contributed by atoms with Gasteiger partial charge in [-0.05, 0) is 70.1 Å². The Hall–Kier alpha value is -1.25. The van der Waals surface area contributed by atoms with E-state index in [0.29, 0.717) is 12.8 Å². The summed E-state index contributed by atoms with van der Waals surface area (Å²) >= 11 is 0. The highest BCUT2D eigenvalue weighted by Crippen LogP contribution is 2.40. The highest BCUT2D eigenvalue weighted by molar-refractivity contribution is 5.69. The Morgan fingerprint density at radius 2 is 1.79 bits per heavy atom. The highest BCUT2D eigenvalue weighted by atomic mass is 16.7. The van der Waals surface area contributed by atoms with Crippen LogP contribution in [0.3, 0.4) is 0 Å². The molecule has 0 bridgehead atoms. The van der Waals surface area contributed by atoms with Crippen LogP contribution in [0, 0.1) is 11.8 Å². The van der Waals surface area contributed by atoms with Gasteiger partial charge >= 0.3 is 5.97 Å². The third kappa shape index (κ3) is 11.1. The number of aliphatic hydroxyl groups is 1. The SMILES string of the molecule is CCCCC[C@@H](/C=C/[C@@H]1[C@@H](C/C=C\CCCC(=O)OC)[C@@H](OC2CCCCO2)C[C@H]1O)OC1CCCCO1. The van der Waals surface area contributed by atoms with Gasteiger partial charge in [0.1, 0.15) is 0 Å². The number of carbonyl (C=O) groups excluding carboxylic acids is 1. The van der Waals surface area contributed by atoms with Gasteiger partial charge in [-0.2, -0.15) is 0 Å². The lowest BCUT2D eigenvalue weighted by Crippen LogP contribution is -2.31. The molecule has 218 valence electrons. The van der Waals surface area contributed by atoms with Gasteiger partial charge in [-0.15, -0.1) is 0 Å². The van der Waals surface area contributed by atoms with Gasteiger partial charge < -0.3 is 28.8 Å². The number of aliphatic hydroxyl groups excluding tert-OH is 1. The minimum absolute atomic E-state index is 0.00647. The maximum absolute atomic E-state index is 11.4. The van der Waals surface area contributed by atoms with E-state index in [9.17, 15) is 9.90 Å². The molecular weight excluding hydrogens is 484 g/mol. The normalized spacial score (nSPS) is 31.2. The Balaban J connectivity index is 1.64. The topological polar surface area (TPSA) is 83.5 Å². The Morgan fingerprint density at radius 1 is 1.03 bits per heavy atom. The molecule has 3 aliphatic rings. The molecule has 7 nitrogen and oxygen atoms in total. The molecule has 0 spiro atoms. The second-order valence-electron chi connectivity index (χ2n) is 11.0. The van der Waals surface area contributed by atoms with Crippen molar-refractivity contribution in [2.45, 2.75) is 134 Å². The number of unbranched alkanes of at least 4 members (excludes halogenated alkanes) is 3. The molecule has 0 radical (unpaired) electrons. The van der Waals surface area contributed by atoms with E-state index < -0.39 is 6.10 Å². The minimum atomic E-state index is -0.459. The van der Waals surface area contributed by atoms with Gasteiger partial charge in [0.2, 0.25) is 0 Å². The van der Waals surface area contributed by atoms with Gasteiger partial charge in [-0.3, -0.25) is 4.79 Å². The summed E-state index contributed by atoms with van der Waals surface area (Å²) in [4.78, 5) is 11.4. The fourth-order valence-electron chi connectivity index (χ4n) is 5.76. The number of hydrogen-bond acceptors (Lipinski definition) is 7. The summed E-state index contributed by atoms with van der Waals surface area (Å²) in [5.41, 5.74) is 0. The largest absolute Gasteiger partial charge is 0.469 e. The summed E-state index contributed by atoms with van der Waals surface area (Å²) < 4.78 is 29.3. The predicted molar refractivity (Wildman–Crippen MR) is 147 cm³/mol. The van der Waals surface area contributed by atoms with Crippen molar-refractivity contribution in [3.05, 3.63) is 24.3 Å².